The summed E-state index contributed by atoms with van der Waals surface area (Å²) < 4.78 is 18.2. The molecule has 0 aromatic heterocycles. The number of benzene rings is 3. The molecule has 106 valence electrons. The van der Waals surface area contributed by atoms with Crippen LogP contribution in [0.25, 0.3) is 21.5 Å². The fraction of sp³-hybridized carbons (Fsp3) is 0.0625. The Morgan fingerprint density at radius 2 is 1.90 bits per heavy atom. The number of phenolic OH excluding ortho intramolecular Hbond substituents is 1. The largest absolute Gasteiger partial charge is 0.511 e. The monoisotopic (exact) mass is 286 g/mol. The zero-order valence-electron chi connectivity index (χ0n) is 11.1. The van der Waals surface area contributed by atoms with E-state index in [1.54, 1.807) is 25.1 Å². The van der Waals surface area contributed by atoms with Crippen molar-refractivity contribution in [3.8, 4) is 11.5 Å². The van der Waals surface area contributed by atoms with Crippen molar-refractivity contribution in [2.75, 3.05) is 0 Å². The molecular formula is C16H11FO4. The van der Waals surface area contributed by atoms with Gasteiger partial charge in [-0.2, -0.15) is 0 Å². The van der Waals surface area contributed by atoms with Crippen molar-refractivity contribution in [2.45, 2.75) is 6.92 Å². The lowest BCUT2D eigenvalue weighted by Crippen LogP contribution is -2.04. The second-order valence-electron chi connectivity index (χ2n) is 4.73. The van der Waals surface area contributed by atoms with E-state index in [-0.39, 0.29) is 16.9 Å². The average molecular weight is 286 g/mol. The van der Waals surface area contributed by atoms with Gasteiger partial charge in [-0.15, -0.1) is 0 Å². The van der Waals surface area contributed by atoms with Crippen LogP contribution in [-0.4, -0.2) is 16.4 Å². The lowest BCUT2D eigenvalue weighted by Gasteiger charge is -2.13. The van der Waals surface area contributed by atoms with Crippen molar-refractivity contribution in [3.63, 3.8) is 0 Å². The maximum atomic E-state index is 13.5. The predicted molar refractivity (Wildman–Crippen MR) is 76.5 cm³/mol. The topological polar surface area (TPSA) is 66.8 Å². The van der Waals surface area contributed by atoms with Crippen molar-refractivity contribution in [1.29, 1.82) is 0 Å². The van der Waals surface area contributed by atoms with Gasteiger partial charge in [-0.25, -0.2) is 9.18 Å². The number of aryl methyl sites for hydroxylation is 1. The number of halogens is 1. The number of carbonyl (C=O) groups is 1. The summed E-state index contributed by atoms with van der Waals surface area (Å²) in [4.78, 5) is 10.8. The first-order valence-corrected chi connectivity index (χ1v) is 6.23. The van der Waals surface area contributed by atoms with Crippen molar-refractivity contribution >= 4 is 27.7 Å². The van der Waals surface area contributed by atoms with Gasteiger partial charge in [0, 0.05) is 10.8 Å². The van der Waals surface area contributed by atoms with E-state index in [1.165, 1.54) is 6.07 Å². The molecule has 0 saturated heterocycles. The minimum absolute atomic E-state index is 0.216. The van der Waals surface area contributed by atoms with Crippen LogP contribution in [0.3, 0.4) is 0 Å². The van der Waals surface area contributed by atoms with Crippen LogP contribution in [0.15, 0.2) is 36.4 Å². The van der Waals surface area contributed by atoms with Gasteiger partial charge < -0.3 is 14.9 Å². The molecule has 0 spiro atoms. The molecule has 0 heterocycles. The first-order valence-electron chi connectivity index (χ1n) is 6.23. The maximum absolute atomic E-state index is 13.5. The van der Waals surface area contributed by atoms with E-state index in [0.717, 1.165) is 11.6 Å². The van der Waals surface area contributed by atoms with Gasteiger partial charge in [0.1, 0.15) is 5.82 Å². The molecule has 0 radical (unpaired) electrons. The summed E-state index contributed by atoms with van der Waals surface area (Å²) >= 11 is 0. The number of aromatic hydroxyl groups is 1. The fourth-order valence-electron chi connectivity index (χ4n) is 2.58. The van der Waals surface area contributed by atoms with Crippen LogP contribution in [0.4, 0.5) is 9.18 Å². The van der Waals surface area contributed by atoms with Crippen molar-refractivity contribution in [3.05, 3.63) is 47.8 Å². The molecule has 0 aliphatic carbocycles. The van der Waals surface area contributed by atoms with Crippen molar-refractivity contribution < 1.29 is 24.1 Å². The Labute approximate surface area is 119 Å². The van der Waals surface area contributed by atoms with Crippen molar-refractivity contribution in [1.82, 2.24) is 0 Å². The normalized spacial score (nSPS) is 11.0. The first-order chi connectivity index (χ1) is 9.99. The van der Waals surface area contributed by atoms with Crippen LogP contribution >= 0.6 is 0 Å². The molecule has 21 heavy (non-hydrogen) atoms. The first kappa shape index (κ1) is 13.2. The lowest BCUT2D eigenvalue weighted by molar-refractivity contribution is 0.143. The summed E-state index contributed by atoms with van der Waals surface area (Å²) in [5.74, 6) is -1.09. The summed E-state index contributed by atoms with van der Waals surface area (Å²) in [7, 11) is 0. The van der Waals surface area contributed by atoms with Crippen LogP contribution in [0.1, 0.15) is 5.56 Å². The highest BCUT2D eigenvalue weighted by Gasteiger charge is 2.19. The zero-order valence-corrected chi connectivity index (χ0v) is 11.1. The van der Waals surface area contributed by atoms with E-state index in [2.05, 4.69) is 4.74 Å². The summed E-state index contributed by atoms with van der Waals surface area (Å²) in [6.45, 7) is 1.79. The van der Waals surface area contributed by atoms with Crippen LogP contribution in [0.2, 0.25) is 0 Å². The van der Waals surface area contributed by atoms with Crippen LogP contribution in [0.5, 0.6) is 11.5 Å². The molecule has 0 aliphatic rings. The Kier molecular flexibility index (Phi) is 2.90. The van der Waals surface area contributed by atoms with Gasteiger partial charge in [0.2, 0.25) is 0 Å². The Balaban J connectivity index is 2.56. The molecule has 5 heteroatoms. The third-order valence-electron chi connectivity index (χ3n) is 3.43. The van der Waals surface area contributed by atoms with E-state index < -0.39 is 12.0 Å². The molecule has 0 atom stereocenters. The molecule has 0 aliphatic heterocycles. The summed E-state index contributed by atoms with van der Waals surface area (Å²) in [5, 5.41) is 21.2. The number of rotatable bonds is 1. The van der Waals surface area contributed by atoms with Gasteiger partial charge in [-0.05, 0) is 35.4 Å². The quantitative estimate of drug-likeness (QED) is 0.399. The molecule has 0 amide bonds. The molecule has 3 aromatic carbocycles. The van der Waals surface area contributed by atoms with Gasteiger partial charge in [0.25, 0.3) is 0 Å². The lowest BCUT2D eigenvalue weighted by atomic mass is 9.97. The highest BCUT2D eigenvalue weighted by molar-refractivity contribution is 6.14. The second-order valence-corrected chi connectivity index (χ2v) is 4.73. The van der Waals surface area contributed by atoms with Gasteiger partial charge in [-0.1, -0.05) is 24.3 Å². The fourth-order valence-corrected chi connectivity index (χ4v) is 2.58. The van der Waals surface area contributed by atoms with E-state index in [0.29, 0.717) is 16.2 Å². The van der Waals surface area contributed by atoms with Crippen LogP contribution < -0.4 is 4.74 Å². The molecule has 3 aromatic rings. The van der Waals surface area contributed by atoms with Crippen LogP contribution in [0, 0.1) is 12.7 Å². The molecule has 4 nitrogen and oxygen atoms in total. The number of ether oxygens (including phenoxy) is 1. The zero-order chi connectivity index (χ0) is 15.1. The van der Waals surface area contributed by atoms with Gasteiger partial charge in [0.05, 0.1) is 0 Å². The molecule has 2 N–H and O–H groups in total. The Morgan fingerprint density at radius 3 is 2.62 bits per heavy atom. The Hall–Kier alpha value is -2.82. The minimum atomic E-state index is -1.57. The molecule has 3 rings (SSSR count). The molecule has 0 saturated carbocycles. The predicted octanol–water partition coefficient (Wildman–Crippen LogP) is 4.20. The number of hydrogen-bond donors (Lipinski definition) is 2. The maximum Gasteiger partial charge on any atom is 0.511 e. The SMILES string of the molecule is Cc1cccc2c1c(O)c(OC(=O)O)c1cc(F)ccc12. The standard InChI is InChI=1S/C16H11FO4/c1-8-3-2-4-11-10-6-5-9(17)7-12(10)15(21-16(19)20)14(18)13(8)11/h2-7,18H,1H3,(H,19,20). The molecule has 0 unspecified atom stereocenters. The summed E-state index contributed by atoms with van der Waals surface area (Å²) in [6.07, 6.45) is -1.57. The van der Waals surface area contributed by atoms with E-state index in [9.17, 15) is 14.3 Å². The number of phenols is 1. The smallest absolute Gasteiger partial charge is 0.504 e. The van der Waals surface area contributed by atoms with Crippen molar-refractivity contribution in [2.24, 2.45) is 0 Å². The van der Waals surface area contributed by atoms with E-state index >= 15 is 0 Å². The minimum Gasteiger partial charge on any atom is -0.504 e. The van der Waals surface area contributed by atoms with Gasteiger partial charge in [-0.3, -0.25) is 0 Å². The number of carboxylic acid groups (broad SMARTS) is 1. The molecule has 0 bridgehead atoms. The Morgan fingerprint density at radius 1 is 1.14 bits per heavy atom. The van der Waals surface area contributed by atoms with Gasteiger partial charge >= 0.3 is 6.16 Å². The average Bonchev–Trinajstić information content (AvgIpc) is 2.42. The number of fused-ring (bicyclic) bond motifs is 3. The Bertz CT molecular complexity index is 886. The van der Waals surface area contributed by atoms with E-state index in [4.69, 9.17) is 5.11 Å². The number of hydrogen-bond acceptors (Lipinski definition) is 3. The second kappa shape index (κ2) is 4.63. The third kappa shape index (κ3) is 2.03. The molecular weight excluding hydrogens is 275 g/mol. The highest BCUT2D eigenvalue weighted by atomic mass is 19.1. The van der Waals surface area contributed by atoms with Crippen LogP contribution in [-0.2, 0) is 0 Å². The summed E-state index contributed by atoms with van der Waals surface area (Å²) in [6, 6.07) is 9.37. The third-order valence-corrected chi connectivity index (χ3v) is 3.43. The summed E-state index contributed by atoms with van der Waals surface area (Å²) in [5.41, 5.74) is 0.770. The molecule has 0 fully saturated rings. The van der Waals surface area contributed by atoms with Gasteiger partial charge in [0.15, 0.2) is 11.5 Å². The highest BCUT2D eigenvalue weighted by Crippen LogP contribution is 2.44. The van der Waals surface area contributed by atoms with E-state index in [1.807, 2.05) is 6.07 Å².